The van der Waals surface area contributed by atoms with Crippen LogP contribution in [-0.4, -0.2) is 33.6 Å². The summed E-state index contributed by atoms with van der Waals surface area (Å²) in [4.78, 5) is 17.1. The van der Waals surface area contributed by atoms with E-state index in [1.807, 2.05) is 103 Å². The van der Waals surface area contributed by atoms with Crippen LogP contribution in [0.2, 0.25) is 0 Å². The van der Waals surface area contributed by atoms with Crippen LogP contribution >= 0.6 is 0 Å². The minimum absolute atomic E-state index is 0.102. The van der Waals surface area contributed by atoms with E-state index >= 15 is 0 Å². The van der Waals surface area contributed by atoms with Crippen molar-refractivity contribution >= 4 is 28.9 Å². The normalized spacial score (nSPS) is 10.7. The summed E-state index contributed by atoms with van der Waals surface area (Å²) in [5.74, 6) is 0.425. The first-order valence-electron chi connectivity index (χ1n) is 11.1. The summed E-state index contributed by atoms with van der Waals surface area (Å²) in [6, 6.07) is 33.1. The van der Waals surface area contributed by atoms with E-state index in [2.05, 4.69) is 26.0 Å². The molecular weight excluding hydrogens is 424 g/mol. The Labute approximate surface area is 197 Å². The van der Waals surface area contributed by atoms with Crippen molar-refractivity contribution in [2.24, 2.45) is 0 Å². The Morgan fingerprint density at radius 2 is 1.44 bits per heavy atom. The maximum atomic E-state index is 12.5. The molecule has 0 saturated carbocycles. The molecule has 2 heterocycles. The zero-order valence-corrected chi connectivity index (χ0v) is 18.5. The predicted octanol–water partition coefficient (Wildman–Crippen LogP) is 4.98. The Morgan fingerprint density at radius 1 is 0.735 bits per heavy atom. The van der Waals surface area contributed by atoms with Gasteiger partial charge < -0.3 is 16.0 Å². The van der Waals surface area contributed by atoms with Crippen LogP contribution < -0.4 is 16.0 Å². The lowest BCUT2D eigenvalue weighted by Crippen LogP contribution is -2.28. The van der Waals surface area contributed by atoms with Crippen LogP contribution in [0.5, 0.6) is 0 Å². The monoisotopic (exact) mass is 448 g/mol. The highest BCUT2D eigenvalue weighted by Gasteiger charge is 2.11. The van der Waals surface area contributed by atoms with Gasteiger partial charge in [0.05, 0.1) is 5.69 Å². The van der Waals surface area contributed by atoms with Crippen molar-refractivity contribution in [2.45, 2.75) is 0 Å². The van der Waals surface area contributed by atoms with Crippen LogP contribution in [0.15, 0.2) is 103 Å². The standard InChI is InChI=1S/C27H24N6O/c34-26(29-19-18-28-22-8-3-1-4-9-22)21-16-14-20(15-17-21)24-12-7-13-25-31-27(32-33(24)25)30-23-10-5-2-6-11-23/h1-17,28H,18-19H2,(H,29,34)(H,30,32). The van der Waals surface area contributed by atoms with E-state index < -0.39 is 0 Å². The molecule has 7 nitrogen and oxygen atoms in total. The molecule has 0 aliphatic rings. The first-order chi connectivity index (χ1) is 16.8. The number of carbonyl (C=O) groups is 1. The van der Waals surface area contributed by atoms with Gasteiger partial charge in [0.15, 0.2) is 5.65 Å². The fourth-order valence-corrected chi connectivity index (χ4v) is 3.66. The number of nitrogens with one attached hydrogen (secondary N) is 3. The van der Waals surface area contributed by atoms with Crippen LogP contribution in [0, 0.1) is 0 Å². The average molecular weight is 449 g/mol. The molecule has 0 saturated heterocycles. The van der Waals surface area contributed by atoms with Crippen molar-refractivity contribution in [1.82, 2.24) is 19.9 Å². The average Bonchev–Trinajstić information content (AvgIpc) is 3.30. The van der Waals surface area contributed by atoms with Gasteiger partial charge in [0.25, 0.3) is 5.91 Å². The van der Waals surface area contributed by atoms with Crippen LogP contribution in [0.4, 0.5) is 17.3 Å². The van der Waals surface area contributed by atoms with Gasteiger partial charge in [0.1, 0.15) is 0 Å². The lowest BCUT2D eigenvalue weighted by Gasteiger charge is -2.09. The maximum absolute atomic E-state index is 12.5. The van der Waals surface area contributed by atoms with E-state index in [-0.39, 0.29) is 5.91 Å². The minimum Gasteiger partial charge on any atom is -0.383 e. The smallest absolute Gasteiger partial charge is 0.251 e. The van der Waals surface area contributed by atoms with Crippen molar-refractivity contribution in [3.63, 3.8) is 0 Å². The highest BCUT2D eigenvalue weighted by atomic mass is 16.1. The van der Waals surface area contributed by atoms with E-state index in [9.17, 15) is 4.79 Å². The molecule has 168 valence electrons. The first kappa shape index (κ1) is 21.2. The third-order valence-corrected chi connectivity index (χ3v) is 5.35. The topological polar surface area (TPSA) is 83.3 Å². The number of fused-ring (bicyclic) bond motifs is 1. The number of hydrogen-bond acceptors (Lipinski definition) is 5. The van der Waals surface area contributed by atoms with Crippen molar-refractivity contribution in [2.75, 3.05) is 23.7 Å². The summed E-state index contributed by atoms with van der Waals surface area (Å²) >= 11 is 0. The molecule has 0 atom stereocenters. The quantitative estimate of drug-likeness (QED) is 0.292. The van der Waals surface area contributed by atoms with Gasteiger partial charge in [-0.1, -0.05) is 54.6 Å². The lowest BCUT2D eigenvalue weighted by molar-refractivity contribution is 0.0955. The number of para-hydroxylation sites is 2. The van der Waals surface area contributed by atoms with Crippen molar-refractivity contribution < 1.29 is 4.79 Å². The molecule has 0 aliphatic carbocycles. The van der Waals surface area contributed by atoms with Crippen molar-refractivity contribution in [3.05, 3.63) is 109 Å². The maximum Gasteiger partial charge on any atom is 0.251 e. The number of pyridine rings is 1. The van der Waals surface area contributed by atoms with E-state index in [1.165, 1.54) is 0 Å². The highest BCUT2D eigenvalue weighted by molar-refractivity contribution is 5.94. The second-order valence-electron chi connectivity index (χ2n) is 7.73. The number of nitrogens with zero attached hydrogens (tertiary/aromatic N) is 3. The SMILES string of the molecule is O=C(NCCNc1ccccc1)c1ccc(-c2cccc3nc(Nc4ccccc4)nn23)cc1. The number of amides is 1. The molecule has 34 heavy (non-hydrogen) atoms. The van der Waals surface area contributed by atoms with Gasteiger partial charge in [-0.05, 0) is 48.5 Å². The second kappa shape index (κ2) is 9.87. The summed E-state index contributed by atoms with van der Waals surface area (Å²) in [5.41, 5.74) is 5.15. The Kier molecular flexibility index (Phi) is 6.16. The van der Waals surface area contributed by atoms with Gasteiger partial charge in [-0.3, -0.25) is 4.79 Å². The van der Waals surface area contributed by atoms with Crippen molar-refractivity contribution in [3.8, 4) is 11.3 Å². The number of rotatable bonds is 8. The van der Waals surface area contributed by atoms with Crippen LogP contribution in [0.3, 0.4) is 0 Å². The van der Waals surface area contributed by atoms with Gasteiger partial charge in [-0.25, -0.2) is 4.52 Å². The van der Waals surface area contributed by atoms with E-state index in [1.54, 1.807) is 4.52 Å². The number of benzene rings is 3. The summed E-state index contributed by atoms with van der Waals surface area (Å²) < 4.78 is 1.80. The Morgan fingerprint density at radius 3 is 2.18 bits per heavy atom. The molecule has 0 radical (unpaired) electrons. The molecule has 1 amide bonds. The van der Waals surface area contributed by atoms with Gasteiger partial charge in [0.2, 0.25) is 5.95 Å². The van der Waals surface area contributed by atoms with Crippen LogP contribution in [-0.2, 0) is 0 Å². The van der Waals surface area contributed by atoms with Crippen LogP contribution in [0.1, 0.15) is 10.4 Å². The number of anilines is 3. The lowest BCUT2D eigenvalue weighted by atomic mass is 10.1. The van der Waals surface area contributed by atoms with Gasteiger partial charge in [0, 0.05) is 35.6 Å². The number of hydrogen-bond donors (Lipinski definition) is 3. The molecule has 0 fully saturated rings. The summed E-state index contributed by atoms with van der Waals surface area (Å²) in [7, 11) is 0. The van der Waals surface area contributed by atoms with E-state index in [0.29, 0.717) is 24.6 Å². The summed E-state index contributed by atoms with van der Waals surface area (Å²) in [5, 5.41) is 14.1. The van der Waals surface area contributed by atoms with Crippen LogP contribution in [0.25, 0.3) is 16.9 Å². The molecule has 5 rings (SSSR count). The predicted molar refractivity (Wildman–Crippen MR) is 135 cm³/mol. The molecular formula is C27H24N6O. The molecule has 0 spiro atoms. The Balaban J connectivity index is 1.25. The molecule has 3 aromatic carbocycles. The van der Waals surface area contributed by atoms with E-state index in [4.69, 9.17) is 0 Å². The molecule has 0 aliphatic heterocycles. The van der Waals surface area contributed by atoms with E-state index in [0.717, 1.165) is 28.3 Å². The molecule has 5 aromatic rings. The van der Waals surface area contributed by atoms with Gasteiger partial charge in [-0.2, -0.15) is 4.98 Å². The molecule has 2 aromatic heterocycles. The zero-order valence-electron chi connectivity index (χ0n) is 18.5. The molecule has 0 unspecified atom stereocenters. The third kappa shape index (κ3) is 4.88. The van der Waals surface area contributed by atoms with Crippen molar-refractivity contribution in [1.29, 1.82) is 0 Å². The third-order valence-electron chi connectivity index (χ3n) is 5.35. The number of aromatic nitrogens is 3. The number of carbonyl (C=O) groups excluding carboxylic acids is 1. The largest absolute Gasteiger partial charge is 0.383 e. The first-order valence-corrected chi connectivity index (χ1v) is 11.1. The Bertz CT molecular complexity index is 1380. The fraction of sp³-hybridized carbons (Fsp3) is 0.0741. The zero-order chi connectivity index (χ0) is 23.2. The highest BCUT2D eigenvalue weighted by Crippen LogP contribution is 2.22. The summed E-state index contributed by atoms with van der Waals surface area (Å²) in [6.45, 7) is 1.19. The molecule has 0 bridgehead atoms. The second-order valence-corrected chi connectivity index (χ2v) is 7.73. The Hall–Kier alpha value is -4.65. The fourth-order valence-electron chi connectivity index (χ4n) is 3.66. The van der Waals surface area contributed by atoms with Gasteiger partial charge in [-0.15, -0.1) is 5.10 Å². The summed E-state index contributed by atoms with van der Waals surface area (Å²) in [6.07, 6.45) is 0. The molecule has 7 heteroatoms. The minimum atomic E-state index is -0.102. The van der Waals surface area contributed by atoms with Gasteiger partial charge >= 0.3 is 0 Å². The molecule has 3 N–H and O–H groups in total.